The predicted octanol–water partition coefficient (Wildman–Crippen LogP) is 2.99. The predicted molar refractivity (Wildman–Crippen MR) is 79.7 cm³/mol. The van der Waals surface area contributed by atoms with E-state index in [0.717, 1.165) is 30.6 Å². The Kier molecular flexibility index (Phi) is 4.70. The lowest BCUT2D eigenvalue weighted by Gasteiger charge is -2.19. The quantitative estimate of drug-likeness (QED) is 0.839. The molecular formula is C15H23NO3S. The molecule has 1 saturated heterocycles. The fourth-order valence-electron chi connectivity index (χ4n) is 2.56. The zero-order valence-electron chi connectivity index (χ0n) is 12.4. The van der Waals surface area contributed by atoms with Crippen molar-refractivity contribution in [3.05, 3.63) is 23.8 Å². The Hall–Kier alpha value is -1.07. The molecule has 112 valence electrons. The maximum atomic E-state index is 12.6. The van der Waals surface area contributed by atoms with Crippen LogP contribution in [0.2, 0.25) is 0 Å². The second kappa shape index (κ2) is 6.14. The molecule has 0 saturated carbocycles. The molecule has 0 aliphatic carbocycles. The summed E-state index contributed by atoms with van der Waals surface area (Å²) in [4.78, 5) is 0.385. The highest BCUT2D eigenvalue weighted by molar-refractivity contribution is 7.89. The topological polar surface area (TPSA) is 46.6 Å². The number of methoxy groups -OCH3 is 1. The lowest BCUT2D eigenvalue weighted by molar-refractivity contribution is 0.405. The Morgan fingerprint density at radius 3 is 2.50 bits per heavy atom. The number of hydrogen-bond acceptors (Lipinski definition) is 3. The van der Waals surface area contributed by atoms with Gasteiger partial charge in [-0.3, -0.25) is 0 Å². The van der Waals surface area contributed by atoms with Crippen molar-refractivity contribution < 1.29 is 13.2 Å². The van der Waals surface area contributed by atoms with Gasteiger partial charge in [0.2, 0.25) is 10.0 Å². The molecule has 0 aromatic heterocycles. The molecule has 0 bridgehead atoms. The van der Waals surface area contributed by atoms with Gasteiger partial charge in [0.15, 0.2) is 0 Å². The van der Waals surface area contributed by atoms with Gasteiger partial charge in [0.1, 0.15) is 5.75 Å². The van der Waals surface area contributed by atoms with Crippen LogP contribution >= 0.6 is 0 Å². The van der Waals surface area contributed by atoms with Crippen LogP contribution in [-0.4, -0.2) is 32.9 Å². The van der Waals surface area contributed by atoms with Crippen molar-refractivity contribution in [1.29, 1.82) is 0 Å². The minimum absolute atomic E-state index is 0.277. The normalized spacial score (nSPS) is 18.1. The van der Waals surface area contributed by atoms with Crippen LogP contribution in [0.25, 0.3) is 0 Å². The maximum absolute atomic E-state index is 12.6. The number of rotatable bonds is 5. The van der Waals surface area contributed by atoms with Crippen molar-refractivity contribution in [2.24, 2.45) is 0 Å². The van der Waals surface area contributed by atoms with Gasteiger partial charge in [-0.1, -0.05) is 13.8 Å². The van der Waals surface area contributed by atoms with Gasteiger partial charge in [0.25, 0.3) is 0 Å². The van der Waals surface area contributed by atoms with Gasteiger partial charge in [-0.2, -0.15) is 4.31 Å². The second-order valence-corrected chi connectivity index (χ2v) is 7.26. The highest BCUT2D eigenvalue weighted by Crippen LogP contribution is 2.32. The van der Waals surface area contributed by atoms with Gasteiger partial charge in [0.05, 0.1) is 12.0 Å². The van der Waals surface area contributed by atoms with E-state index in [4.69, 9.17) is 4.74 Å². The van der Waals surface area contributed by atoms with Crippen LogP contribution in [0.1, 0.15) is 44.6 Å². The summed E-state index contributed by atoms with van der Waals surface area (Å²) in [5, 5.41) is 0. The number of sulfonamides is 1. The fourth-order valence-corrected chi connectivity index (χ4v) is 4.11. The highest BCUT2D eigenvalue weighted by atomic mass is 32.2. The number of nitrogens with zero attached hydrogens (tertiary/aromatic N) is 1. The summed E-state index contributed by atoms with van der Waals surface area (Å²) in [6.07, 6.45) is 2.85. The Labute approximate surface area is 121 Å². The summed E-state index contributed by atoms with van der Waals surface area (Å²) in [6, 6.07) is 5.20. The van der Waals surface area contributed by atoms with Gasteiger partial charge in [-0.15, -0.1) is 0 Å². The summed E-state index contributed by atoms with van der Waals surface area (Å²) in [6.45, 7) is 5.44. The summed E-state index contributed by atoms with van der Waals surface area (Å²) in [5.41, 5.74) is 0.968. The van der Waals surface area contributed by atoms with Crippen molar-refractivity contribution in [2.45, 2.75) is 43.9 Å². The first-order chi connectivity index (χ1) is 9.50. The first-order valence-corrected chi connectivity index (χ1v) is 8.62. The molecular weight excluding hydrogens is 274 g/mol. The molecule has 2 rings (SSSR count). The first kappa shape index (κ1) is 15.3. The zero-order valence-corrected chi connectivity index (χ0v) is 13.2. The van der Waals surface area contributed by atoms with E-state index in [1.54, 1.807) is 29.6 Å². The van der Waals surface area contributed by atoms with Crippen LogP contribution in [-0.2, 0) is 10.0 Å². The standard InChI is InChI=1S/C15H23NO3S/c1-4-12(2)14-11-13(7-8-15(14)19-3)20(17,18)16-9-5-6-10-16/h7-8,11-12H,4-6,9-10H2,1-3H3/t12-/m0/s1. The van der Waals surface area contributed by atoms with E-state index in [1.165, 1.54) is 0 Å². The molecule has 1 aromatic rings. The minimum atomic E-state index is -3.35. The molecule has 5 heteroatoms. The Balaban J connectivity index is 2.42. The van der Waals surface area contributed by atoms with E-state index in [1.807, 2.05) is 0 Å². The summed E-state index contributed by atoms with van der Waals surface area (Å²) in [5.74, 6) is 1.04. The number of benzene rings is 1. The maximum Gasteiger partial charge on any atom is 0.243 e. The third-order valence-electron chi connectivity index (χ3n) is 4.05. The lowest BCUT2D eigenvalue weighted by atomic mass is 9.98. The average molecular weight is 297 g/mol. The van der Waals surface area contributed by atoms with Crippen LogP contribution in [0.5, 0.6) is 5.75 Å². The summed E-state index contributed by atoms with van der Waals surface area (Å²) in [7, 11) is -1.73. The molecule has 0 radical (unpaired) electrons. The van der Waals surface area contributed by atoms with Crippen molar-refractivity contribution in [3.63, 3.8) is 0 Å². The zero-order chi connectivity index (χ0) is 14.8. The van der Waals surface area contributed by atoms with E-state index < -0.39 is 10.0 Å². The Morgan fingerprint density at radius 2 is 1.95 bits per heavy atom. The van der Waals surface area contributed by atoms with E-state index >= 15 is 0 Å². The number of hydrogen-bond donors (Lipinski definition) is 0. The lowest BCUT2D eigenvalue weighted by Crippen LogP contribution is -2.28. The smallest absolute Gasteiger partial charge is 0.243 e. The molecule has 1 heterocycles. The fraction of sp³-hybridized carbons (Fsp3) is 0.600. The average Bonchev–Trinajstić information content (AvgIpc) is 3.00. The Morgan fingerprint density at radius 1 is 1.30 bits per heavy atom. The van der Waals surface area contributed by atoms with E-state index in [-0.39, 0.29) is 5.92 Å². The van der Waals surface area contributed by atoms with Gasteiger partial charge < -0.3 is 4.74 Å². The molecule has 1 atom stereocenters. The molecule has 1 aliphatic heterocycles. The van der Waals surface area contributed by atoms with Crippen LogP contribution in [0.3, 0.4) is 0 Å². The van der Waals surface area contributed by atoms with Gasteiger partial charge >= 0.3 is 0 Å². The largest absolute Gasteiger partial charge is 0.496 e. The first-order valence-electron chi connectivity index (χ1n) is 7.18. The molecule has 20 heavy (non-hydrogen) atoms. The minimum Gasteiger partial charge on any atom is -0.496 e. The molecule has 0 unspecified atom stereocenters. The van der Waals surface area contributed by atoms with Gasteiger partial charge in [0, 0.05) is 13.1 Å². The SMILES string of the molecule is CC[C@H](C)c1cc(S(=O)(=O)N2CCCC2)ccc1OC. The van der Waals surface area contributed by atoms with Crippen molar-refractivity contribution in [1.82, 2.24) is 4.31 Å². The van der Waals surface area contributed by atoms with Gasteiger partial charge in [-0.25, -0.2) is 8.42 Å². The third kappa shape index (κ3) is 2.83. The van der Waals surface area contributed by atoms with Crippen LogP contribution in [0.15, 0.2) is 23.1 Å². The molecule has 1 fully saturated rings. The van der Waals surface area contributed by atoms with Crippen LogP contribution < -0.4 is 4.74 Å². The summed E-state index contributed by atoms with van der Waals surface area (Å²) < 4.78 is 32.1. The van der Waals surface area contributed by atoms with Crippen LogP contribution in [0.4, 0.5) is 0 Å². The molecule has 0 spiro atoms. The third-order valence-corrected chi connectivity index (χ3v) is 5.94. The van der Waals surface area contributed by atoms with E-state index in [9.17, 15) is 8.42 Å². The highest BCUT2D eigenvalue weighted by Gasteiger charge is 2.28. The molecule has 4 nitrogen and oxygen atoms in total. The molecule has 1 aliphatic rings. The second-order valence-electron chi connectivity index (χ2n) is 5.32. The Bertz CT molecular complexity index is 562. The summed E-state index contributed by atoms with van der Waals surface area (Å²) >= 11 is 0. The molecule has 0 N–H and O–H groups in total. The van der Waals surface area contributed by atoms with Crippen LogP contribution in [0, 0.1) is 0 Å². The van der Waals surface area contributed by atoms with Crippen molar-refractivity contribution >= 4 is 10.0 Å². The molecule has 0 amide bonds. The van der Waals surface area contributed by atoms with E-state index in [2.05, 4.69) is 13.8 Å². The van der Waals surface area contributed by atoms with Gasteiger partial charge in [-0.05, 0) is 48.9 Å². The van der Waals surface area contributed by atoms with Crippen molar-refractivity contribution in [3.8, 4) is 5.75 Å². The number of ether oxygens (including phenoxy) is 1. The van der Waals surface area contributed by atoms with E-state index in [0.29, 0.717) is 18.0 Å². The van der Waals surface area contributed by atoms with Crippen molar-refractivity contribution in [2.75, 3.05) is 20.2 Å². The monoisotopic (exact) mass is 297 g/mol. The molecule has 1 aromatic carbocycles.